The van der Waals surface area contributed by atoms with E-state index >= 15 is 0 Å². The molecule has 0 aliphatic rings. The number of sulfonamides is 1. The van der Waals surface area contributed by atoms with Gasteiger partial charge in [0.1, 0.15) is 0 Å². The van der Waals surface area contributed by atoms with Crippen molar-refractivity contribution in [3.8, 4) is 0 Å². The molecule has 0 aliphatic heterocycles. The van der Waals surface area contributed by atoms with Crippen molar-refractivity contribution < 1.29 is 8.42 Å². The highest BCUT2D eigenvalue weighted by molar-refractivity contribution is 9.10. The molecule has 2 aromatic carbocycles. The number of hydrogen-bond acceptors (Lipinski definition) is 4. The summed E-state index contributed by atoms with van der Waals surface area (Å²) in [7, 11) is -3.56. The Morgan fingerprint density at radius 1 is 1.07 bits per heavy atom. The van der Waals surface area contributed by atoms with Gasteiger partial charge in [0.15, 0.2) is 0 Å². The van der Waals surface area contributed by atoms with Crippen LogP contribution >= 0.6 is 15.9 Å². The van der Waals surface area contributed by atoms with E-state index in [1.54, 1.807) is 30.6 Å². The number of halogens is 1. The quantitative estimate of drug-likeness (QED) is 0.518. The molecule has 0 saturated carbocycles. The zero-order valence-corrected chi connectivity index (χ0v) is 17.4. The lowest BCUT2D eigenvalue weighted by Crippen LogP contribution is -2.40. The number of hydrogen-bond donors (Lipinski definition) is 2. The Labute approximate surface area is 168 Å². The summed E-state index contributed by atoms with van der Waals surface area (Å²) in [4.78, 5) is 4.31. The van der Waals surface area contributed by atoms with Crippen LogP contribution < -0.4 is 10.0 Å². The molecule has 7 heteroatoms. The predicted molar refractivity (Wildman–Crippen MR) is 112 cm³/mol. The lowest BCUT2D eigenvalue weighted by atomic mass is 10.1. The van der Waals surface area contributed by atoms with Crippen molar-refractivity contribution in [2.45, 2.75) is 24.3 Å². The van der Waals surface area contributed by atoms with Crippen molar-refractivity contribution in [2.24, 2.45) is 0 Å². The zero-order chi connectivity index (χ0) is 19.3. The summed E-state index contributed by atoms with van der Waals surface area (Å²) in [6.45, 7) is 3.21. The molecule has 27 heavy (non-hydrogen) atoms. The topological polar surface area (TPSA) is 71.1 Å². The molecule has 1 unspecified atom stereocenters. The van der Waals surface area contributed by atoms with E-state index in [0.29, 0.717) is 6.54 Å². The third-order valence-electron chi connectivity index (χ3n) is 4.23. The highest BCUT2D eigenvalue weighted by Gasteiger charge is 2.17. The average Bonchev–Trinajstić information content (AvgIpc) is 2.66. The number of pyridine rings is 1. The highest BCUT2D eigenvalue weighted by atomic mass is 79.9. The lowest BCUT2D eigenvalue weighted by molar-refractivity contribution is 0.537. The SMILES string of the molecule is CC(CNCCc1ccc(Br)cc1)NS(=O)(=O)c1ccc2cnccc2c1. The first-order valence-corrected chi connectivity index (χ1v) is 11.0. The fourth-order valence-corrected chi connectivity index (χ4v) is 4.35. The van der Waals surface area contributed by atoms with Crippen molar-refractivity contribution in [3.05, 3.63) is 71.0 Å². The average molecular weight is 448 g/mol. The molecule has 0 bridgehead atoms. The van der Waals surface area contributed by atoms with E-state index in [2.05, 4.69) is 43.1 Å². The molecule has 0 amide bonds. The van der Waals surface area contributed by atoms with Crippen LogP contribution in [0.1, 0.15) is 12.5 Å². The van der Waals surface area contributed by atoms with E-state index in [1.807, 2.05) is 25.1 Å². The summed E-state index contributed by atoms with van der Waals surface area (Å²) < 4.78 is 29.0. The first-order valence-electron chi connectivity index (χ1n) is 8.75. The molecule has 2 N–H and O–H groups in total. The number of fused-ring (bicyclic) bond motifs is 1. The maximum absolute atomic E-state index is 12.6. The maximum atomic E-state index is 12.6. The van der Waals surface area contributed by atoms with Crippen molar-refractivity contribution >= 4 is 36.7 Å². The molecule has 1 aromatic heterocycles. The van der Waals surface area contributed by atoms with Gasteiger partial charge in [0, 0.05) is 34.8 Å². The van der Waals surface area contributed by atoms with Crippen LogP contribution in [0.5, 0.6) is 0 Å². The summed E-state index contributed by atoms with van der Waals surface area (Å²) >= 11 is 3.42. The van der Waals surface area contributed by atoms with Gasteiger partial charge in [-0.15, -0.1) is 0 Å². The largest absolute Gasteiger partial charge is 0.315 e. The number of nitrogens with one attached hydrogen (secondary N) is 2. The fourth-order valence-electron chi connectivity index (χ4n) is 2.81. The van der Waals surface area contributed by atoms with Gasteiger partial charge in [-0.05, 0) is 61.2 Å². The second-order valence-electron chi connectivity index (χ2n) is 6.49. The van der Waals surface area contributed by atoms with Crippen molar-refractivity contribution in [2.75, 3.05) is 13.1 Å². The zero-order valence-electron chi connectivity index (χ0n) is 15.0. The van der Waals surface area contributed by atoms with E-state index in [1.165, 1.54) is 5.56 Å². The number of rotatable bonds is 8. The molecule has 3 aromatic rings. The van der Waals surface area contributed by atoms with Crippen LogP contribution in [0.2, 0.25) is 0 Å². The smallest absolute Gasteiger partial charge is 0.240 e. The fraction of sp³-hybridized carbons (Fsp3) is 0.250. The molecule has 0 radical (unpaired) electrons. The number of nitrogens with zero attached hydrogens (tertiary/aromatic N) is 1. The molecule has 1 atom stereocenters. The molecule has 3 rings (SSSR count). The van der Waals surface area contributed by atoms with Crippen molar-refractivity contribution in [3.63, 3.8) is 0 Å². The van der Waals surface area contributed by atoms with Gasteiger partial charge in [0.2, 0.25) is 10.0 Å². The molecule has 0 spiro atoms. The first-order chi connectivity index (χ1) is 12.9. The molecule has 0 aliphatic carbocycles. The van der Waals surface area contributed by atoms with E-state index in [4.69, 9.17) is 0 Å². The summed E-state index contributed by atoms with van der Waals surface area (Å²) in [6.07, 6.45) is 4.27. The monoisotopic (exact) mass is 447 g/mol. The van der Waals surface area contributed by atoms with E-state index in [0.717, 1.165) is 28.2 Å². The number of aromatic nitrogens is 1. The Kier molecular flexibility index (Phi) is 6.59. The van der Waals surface area contributed by atoms with Gasteiger partial charge in [-0.2, -0.15) is 0 Å². The minimum atomic E-state index is -3.56. The summed E-state index contributed by atoms with van der Waals surface area (Å²) in [6, 6.07) is 14.8. The highest BCUT2D eigenvalue weighted by Crippen LogP contribution is 2.18. The Morgan fingerprint density at radius 2 is 1.85 bits per heavy atom. The van der Waals surface area contributed by atoms with Gasteiger partial charge >= 0.3 is 0 Å². The van der Waals surface area contributed by atoms with Crippen LogP contribution in [0.3, 0.4) is 0 Å². The summed E-state index contributed by atoms with van der Waals surface area (Å²) in [5.74, 6) is 0. The van der Waals surface area contributed by atoms with Crippen LogP contribution in [0.25, 0.3) is 10.8 Å². The first kappa shape index (κ1) is 19.9. The van der Waals surface area contributed by atoms with Crippen LogP contribution in [0.4, 0.5) is 0 Å². The van der Waals surface area contributed by atoms with Crippen LogP contribution in [-0.4, -0.2) is 32.5 Å². The molecular weight excluding hydrogens is 426 g/mol. The Morgan fingerprint density at radius 3 is 2.63 bits per heavy atom. The summed E-state index contributed by atoms with van der Waals surface area (Å²) in [5, 5.41) is 5.08. The van der Waals surface area contributed by atoms with Gasteiger partial charge in [-0.1, -0.05) is 34.1 Å². The van der Waals surface area contributed by atoms with E-state index < -0.39 is 10.0 Å². The molecule has 0 saturated heterocycles. The van der Waals surface area contributed by atoms with Crippen molar-refractivity contribution in [1.29, 1.82) is 0 Å². The van der Waals surface area contributed by atoms with E-state index in [-0.39, 0.29) is 10.9 Å². The Balaban J connectivity index is 1.52. The Hall–Kier alpha value is -1.80. The van der Waals surface area contributed by atoms with Crippen LogP contribution in [-0.2, 0) is 16.4 Å². The van der Waals surface area contributed by atoms with Crippen molar-refractivity contribution in [1.82, 2.24) is 15.0 Å². The second kappa shape index (κ2) is 8.93. The third-order valence-corrected chi connectivity index (χ3v) is 6.35. The second-order valence-corrected chi connectivity index (χ2v) is 9.12. The number of benzene rings is 2. The van der Waals surface area contributed by atoms with Gasteiger partial charge in [0.25, 0.3) is 0 Å². The van der Waals surface area contributed by atoms with Gasteiger partial charge in [0.05, 0.1) is 4.90 Å². The molecule has 142 valence electrons. The minimum absolute atomic E-state index is 0.215. The minimum Gasteiger partial charge on any atom is -0.315 e. The summed E-state index contributed by atoms with van der Waals surface area (Å²) in [5.41, 5.74) is 1.24. The predicted octanol–water partition coefficient (Wildman–Crippen LogP) is 3.50. The normalized spacial score (nSPS) is 13.0. The van der Waals surface area contributed by atoms with Gasteiger partial charge in [-0.25, -0.2) is 13.1 Å². The lowest BCUT2D eigenvalue weighted by Gasteiger charge is -2.15. The molecule has 5 nitrogen and oxygen atoms in total. The van der Waals surface area contributed by atoms with Gasteiger partial charge < -0.3 is 5.32 Å². The molecular formula is C20H22BrN3O2S. The molecule has 1 heterocycles. The van der Waals surface area contributed by atoms with Crippen LogP contribution in [0.15, 0.2) is 70.3 Å². The standard InChI is InChI=1S/C20H22BrN3O2S/c1-15(13-22-10-8-16-2-5-19(21)6-3-16)24-27(25,26)20-7-4-18-14-23-11-9-17(18)12-20/h2-7,9,11-12,14-15,22,24H,8,10,13H2,1H3. The third kappa shape index (κ3) is 5.59. The van der Waals surface area contributed by atoms with Crippen LogP contribution in [0, 0.1) is 0 Å². The maximum Gasteiger partial charge on any atom is 0.240 e. The van der Waals surface area contributed by atoms with E-state index in [9.17, 15) is 8.42 Å². The molecule has 0 fully saturated rings. The Bertz CT molecular complexity index is 1010. The van der Waals surface area contributed by atoms with Gasteiger partial charge in [-0.3, -0.25) is 4.98 Å².